The Morgan fingerprint density at radius 3 is 2.09 bits per heavy atom. The first kappa shape index (κ1) is 7.59. The predicted molar refractivity (Wildman–Crippen MR) is 42.8 cm³/mol. The Hall–Kier alpha value is -0.0551. The van der Waals surface area contributed by atoms with E-state index in [4.69, 9.17) is 15.8 Å². The Labute approximate surface area is 66.7 Å². The zero-order valence-corrected chi connectivity index (χ0v) is 6.53. The fraction of sp³-hybridized carbons (Fsp3) is 1.00. The molecule has 0 amide bonds. The van der Waals surface area contributed by atoms with E-state index in [0.717, 1.165) is 25.7 Å². The van der Waals surface area contributed by atoms with Crippen LogP contribution in [0.3, 0.4) is 0 Å². The monoisotopic (exact) mass is 155 g/mol. The topological polar surface area (TPSA) is 66.5 Å². The van der Waals surface area contributed by atoms with E-state index in [0.29, 0.717) is 5.92 Å². The molecular formula is C7H14BNO2. The second kappa shape index (κ2) is 2.22. The van der Waals surface area contributed by atoms with Crippen molar-refractivity contribution in [1.29, 1.82) is 0 Å². The van der Waals surface area contributed by atoms with Gasteiger partial charge >= 0.3 is 7.12 Å². The van der Waals surface area contributed by atoms with Crippen molar-refractivity contribution in [3.63, 3.8) is 0 Å². The lowest BCUT2D eigenvalue weighted by Crippen LogP contribution is -2.51. The van der Waals surface area contributed by atoms with Gasteiger partial charge in [0.1, 0.15) is 0 Å². The summed E-state index contributed by atoms with van der Waals surface area (Å²) in [5, 5.41) is 18.1. The summed E-state index contributed by atoms with van der Waals surface area (Å²) in [5.74, 6) is 0.544. The van der Waals surface area contributed by atoms with Gasteiger partial charge < -0.3 is 15.8 Å². The lowest BCUT2D eigenvalue weighted by Gasteiger charge is -2.46. The molecule has 2 aliphatic rings. The molecule has 0 unspecified atom stereocenters. The molecular weight excluding hydrogens is 141 g/mol. The van der Waals surface area contributed by atoms with Crippen LogP contribution in [-0.4, -0.2) is 23.2 Å². The zero-order valence-electron chi connectivity index (χ0n) is 6.53. The first-order chi connectivity index (χ1) is 5.15. The third-order valence-electron chi connectivity index (χ3n) is 3.19. The summed E-state index contributed by atoms with van der Waals surface area (Å²) in [6, 6.07) is 0.206. The van der Waals surface area contributed by atoms with Crippen LogP contribution in [0.1, 0.15) is 25.7 Å². The Balaban J connectivity index is 2.03. The van der Waals surface area contributed by atoms with Crippen molar-refractivity contribution in [3.8, 4) is 0 Å². The van der Waals surface area contributed by atoms with Gasteiger partial charge in [-0.25, -0.2) is 0 Å². The van der Waals surface area contributed by atoms with Crippen LogP contribution >= 0.6 is 0 Å². The Kier molecular flexibility index (Phi) is 1.53. The van der Waals surface area contributed by atoms with E-state index in [2.05, 4.69) is 0 Å². The van der Waals surface area contributed by atoms with E-state index in [-0.39, 0.29) is 11.4 Å². The van der Waals surface area contributed by atoms with Crippen molar-refractivity contribution >= 4 is 7.12 Å². The molecule has 11 heavy (non-hydrogen) atoms. The lowest BCUT2D eigenvalue weighted by atomic mass is 9.43. The van der Waals surface area contributed by atoms with Crippen LogP contribution in [0.4, 0.5) is 0 Å². The standard InChI is InChI=1S/C7H14BNO2/c9-6-3-7(4-6,8(10)11)5-1-2-5/h5-6,10-11H,1-4,9H2. The Morgan fingerprint density at radius 2 is 1.82 bits per heavy atom. The first-order valence-corrected chi connectivity index (χ1v) is 4.27. The maximum Gasteiger partial charge on any atom is 0.458 e. The van der Waals surface area contributed by atoms with E-state index < -0.39 is 7.12 Å². The highest BCUT2D eigenvalue weighted by atomic mass is 16.4. The van der Waals surface area contributed by atoms with Crippen LogP contribution in [0.15, 0.2) is 0 Å². The molecule has 0 heterocycles. The van der Waals surface area contributed by atoms with Crippen LogP contribution in [0.5, 0.6) is 0 Å². The van der Waals surface area contributed by atoms with Gasteiger partial charge in [0.2, 0.25) is 0 Å². The summed E-state index contributed by atoms with van der Waals surface area (Å²) in [6.07, 6.45) is 3.92. The molecule has 0 radical (unpaired) electrons. The minimum atomic E-state index is -1.14. The van der Waals surface area contributed by atoms with Gasteiger partial charge in [-0.3, -0.25) is 0 Å². The highest BCUT2D eigenvalue weighted by molar-refractivity contribution is 6.46. The molecule has 2 saturated carbocycles. The van der Waals surface area contributed by atoms with E-state index >= 15 is 0 Å². The molecule has 2 rings (SSSR count). The summed E-state index contributed by atoms with van der Waals surface area (Å²) in [4.78, 5) is 0. The molecule has 4 N–H and O–H groups in total. The first-order valence-electron chi connectivity index (χ1n) is 4.27. The summed E-state index contributed by atoms with van der Waals surface area (Å²) in [6.45, 7) is 0. The molecule has 62 valence electrons. The Morgan fingerprint density at radius 1 is 1.27 bits per heavy atom. The largest absolute Gasteiger partial charge is 0.458 e. The second-order valence-electron chi connectivity index (χ2n) is 4.05. The van der Waals surface area contributed by atoms with Gasteiger partial charge in [-0.1, -0.05) is 12.8 Å². The zero-order chi connectivity index (χ0) is 8.06. The number of hydrogen-bond acceptors (Lipinski definition) is 3. The maximum absolute atomic E-state index is 9.15. The molecule has 0 atom stereocenters. The summed E-state index contributed by atoms with van der Waals surface area (Å²) in [5.41, 5.74) is 5.64. The molecule has 2 aliphatic carbocycles. The number of rotatable bonds is 2. The average Bonchev–Trinajstić information content (AvgIpc) is 2.60. The van der Waals surface area contributed by atoms with Crippen LogP contribution in [0.2, 0.25) is 5.31 Å². The summed E-state index contributed by atoms with van der Waals surface area (Å²) < 4.78 is 0. The molecule has 0 spiro atoms. The van der Waals surface area contributed by atoms with E-state index in [9.17, 15) is 0 Å². The highest BCUT2D eigenvalue weighted by Crippen LogP contribution is 2.63. The SMILES string of the molecule is NC1CC(B(O)O)(C2CC2)C1. The van der Waals surface area contributed by atoms with Gasteiger partial charge in [-0.2, -0.15) is 0 Å². The fourth-order valence-electron chi connectivity index (χ4n) is 2.33. The van der Waals surface area contributed by atoms with E-state index in [1.807, 2.05) is 0 Å². The fourth-order valence-corrected chi connectivity index (χ4v) is 2.33. The minimum Gasteiger partial charge on any atom is -0.427 e. The van der Waals surface area contributed by atoms with Crippen LogP contribution in [0.25, 0.3) is 0 Å². The second-order valence-corrected chi connectivity index (χ2v) is 4.05. The molecule has 0 saturated heterocycles. The van der Waals surface area contributed by atoms with Gasteiger partial charge in [-0.05, 0) is 18.8 Å². The van der Waals surface area contributed by atoms with Crippen molar-refractivity contribution < 1.29 is 10.0 Å². The molecule has 4 heteroatoms. The summed E-state index contributed by atoms with van der Waals surface area (Å²) >= 11 is 0. The third kappa shape index (κ3) is 1.01. The quantitative estimate of drug-likeness (QED) is 0.481. The summed E-state index contributed by atoms with van der Waals surface area (Å²) in [7, 11) is -1.14. The van der Waals surface area contributed by atoms with Crippen molar-refractivity contribution in [2.24, 2.45) is 11.7 Å². The molecule has 0 aromatic rings. The van der Waals surface area contributed by atoms with Crippen LogP contribution < -0.4 is 5.73 Å². The number of nitrogens with two attached hydrogens (primary N) is 1. The molecule has 0 aliphatic heterocycles. The van der Waals surface area contributed by atoms with Crippen molar-refractivity contribution in [2.75, 3.05) is 0 Å². The van der Waals surface area contributed by atoms with Crippen LogP contribution in [0, 0.1) is 5.92 Å². The van der Waals surface area contributed by atoms with Gasteiger partial charge in [0.15, 0.2) is 0 Å². The van der Waals surface area contributed by atoms with Crippen LogP contribution in [-0.2, 0) is 0 Å². The normalized spacial score (nSPS) is 43.4. The van der Waals surface area contributed by atoms with Crippen molar-refractivity contribution in [3.05, 3.63) is 0 Å². The smallest absolute Gasteiger partial charge is 0.427 e. The molecule has 2 fully saturated rings. The molecule has 3 nitrogen and oxygen atoms in total. The number of hydrogen-bond donors (Lipinski definition) is 3. The van der Waals surface area contributed by atoms with Crippen molar-refractivity contribution in [1.82, 2.24) is 0 Å². The van der Waals surface area contributed by atoms with E-state index in [1.165, 1.54) is 0 Å². The van der Waals surface area contributed by atoms with Gasteiger partial charge in [0.25, 0.3) is 0 Å². The molecule has 0 aromatic heterocycles. The van der Waals surface area contributed by atoms with Gasteiger partial charge in [-0.15, -0.1) is 0 Å². The molecule has 0 bridgehead atoms. The third-order valence-corrected chi connectivity index (χ3v) is 3.19. The highest BCUT2D eigenvalue weighted by Gasteiger charge is 2.59. The van der Waals surface area contributed by atoms with E-state index in [1.54, 1.807) is 0 Å². The molecule has 0 aromatic carbocycles. The van der Waals surface area contributed by atoms with Gasteiger partial charge in [0.05, 0.1) is 0 Å². The minimum absolute atomic E-state index is 0.206. The average molecular weight is 155 g/mol. The maximum atomic E-state index is 9.15. The lowest BCUT2D eigenvalue weighted by molar-refractivity contribution is 0.188. The van der Waals surface area contributed by atoms with Gasteiger partial charge in [0, 0.05) is 11.4 Å². The van der Waals surface area contributed by atoms with Crippen molar-refractivity contribution in [2.45, 2.75) is 37.0 Å². The predicted octanol–water partition coefficient (Wildman–Crippen LogP) is -0.269. The Bertz CT molecular complexity index is 160.